The van der Waals surface area contributed by atoms with Gasteiger partial charge in [-0.05, 0) is 32.0 Å². The van der Waals surface area contributed by atoms with Gasteiger partial charge in [-0.3, -0.25) is 9.48 Å². The van der Waals surface area contributed by atoms with Gasteiger partial charge in [0.25, 0.3) is 5.91 Å². The Labute approximate surface area is 115 Å². The summed E-state index contributed by atoms with van der Waals surface area (Å²) in [6.45, 7) is 4.47. The Balaban J connectivity index is 2.25. The van der Waals surface area contributed by atoms with E-state index in [9.17, 15) is 9.90 Å². The molecule has 1 aromatic carbocycles. The Morgan fingerprint density at radius 1 is 1.53 bits per heavy atom. The summed E-state index contributed by atoms with van der Waals surface area (Å²) in [5, 5.41) is 16.8. The number of hydrogen-bond acceptors (Lipinski definition) is 3. The van der Waals surface area contributed by atoms with Gasteiger partial charge >= 0.3 is 0 Å². The molecule has 0 bridgehead atoms. The predicted octanol–water partition coefficient (Wildman–Crippen LogP) is 2.82. The molecule has 100 valence electrons. The summed E-state index contributed by atoms with van der Waals surface area (Å²) >= 11 is 5.83. The lowest BCUT2D eigenvalue weighted by molar-refractivity contribution is 0.102. The fraction of sp³-hybridized carbons (Fsp3) is 0.231. The van der Waals surface area contributed by atoms with Crippen LogP contribution in [0.4, 0.5) is 5.69 Å². The Morgan fingerprint density at radius 2 is 2.26 bits per heavy atom. The highest BCUT2D eigenvalue weighted by Crippen LogP contribution is 2.27. The Bertz CT molecular complexity index is 622. The van der Waals surface area contributed by atoms with Crippen LogP contribution in [-0.2, 0) is 6.54 Å². The fourth-order valence-corrected chi connectivity index (χ4v) is 1.96. The summed E-state index contributed by atoms with van der Waals surface area (Å²) in [5.74, 6) is -0.354. The number of amides is 1. The number of aryl methyl sites for hydroxylation is 1. The molecule has 2 N–H and O–H groups in total. The Morgan fingerprint density at radius 3 is 2.89 bits per heavy atom. The average molecular weight is 280 g/mol. The number of aromatic nitrogens is 2. The summed E-state index contributed by atoms with van der Waals surface area (Å²) < 4.78 is 1.73. The number of nitrogens with one attached hydrogen (secondary N) is 1. The molecular formula is C13H14ClN3O2. The molecule has 0 aliphatic heterocycles. The number of hydrogen-bond donors (Lipinski definition) is 2. The van der Waals surface area contributed by atoms with Crippen LogP contribution in [-0.4, -0.2) is 20.8 Å². The Kier molecular flexibility index (Phi) is 3.76. The molecule has 1 aromatic heterocycles. The number of anilines is 1. The first-order chi connectivity index (χ1) is 9.02. The van der Waals surface area contributed by atoms with E-state index in [1.165, 1.54) is 18.3 Å². The average Bonchev–Trinajstić information content (AvgIpc) is 2.75. The molecule has 1 amide bonds. The van der Waals surface area contributed by atoms with Crippen LogP contribution in [0.25, 0.3) is 0 Å². The molecule has 0 saturated heterocycles. The molecule has 0 atom stereocenters. The van der Waals surface area contributed by atoms with Crippen molar-refractivity contribution in [2.45, 2.75) is 20.4 Å². The zero-order valence-corrected chi connectivity index (χ0v) is 11.4. The van der Waals surface area contributed by atoms with Crippen LogP contribution >= 0.6 is 11.6 Å². The van der Waals surface area contributed by atoms with E-state index in [4.69, 9.17) is 11.6 Å². The van der Waals surface area contributed by atoms with Crippen molar-refractivity contribution in [3.8, 4) is 5.75 Å². The molecule has 5 nitrogen and oxygen atoms in total. The van der Waals surface area contributed by atoms with Crippen molar-refractivity contribution in [3.63, 3.8) is 0 Å². The van der Waals surface area contributed by atoms with E-state index in [0.29, 0.717) is 17.1 Å². The monoisotopic (exact) mass is 279 g/mol. The van der Waals surface area contributed by atoms with Crippen molar-refractivity contribution in [2.24, 2.45) is 0 Å². The first-order valence-corrected chi connectivity index (χ1v) is 6.23. The molecule has 19 heavy (non-hydrogen) atoms. The second kappa shape index (κ2) is 5.32. The van der Waals surface area contributed by atoms with Gasteiger partial charge in [0.05, 0.1) is 17.4 Å². The van der Waals surface area contributed by atoms with Crippen LogP contribution in [0, 0.1) is 6.92 Å². The molecule has 6 heteroatoms. The minimum Gasteiger partial charge on any atom is -0.506 e. The van der Waals surface area contributed by atoms with E-state index in [0.717, 1.165) is 5.69 Å². The molecule has 0 saturated carbocycles. The quantitative estimate of drug-likeness (QED) is 0.849. The maximum Gasteiger partial charge on any atom is 0.259 e. The molecule has 0 aliphatic carbocycles. The SMILES string of the molecule is CCn1ncc(C(=O)Nc2cc(Cl)ccc2O)c1C. The number of nitrogens with zero attached hydrogens (tertiary/aromatic N) is 2. The molecule has 0 unspecified atom stereocenters. The molecule has 2 aromatic rings. The maximum absolute atomic E-state index is 12.1. The smallest absolute Gasteiger partial charge is 0.259 e. The van der Waals surface area contributed by atoms with Crippen LogP contribution in [0.5, 0.6) is 5.75 Å². The highest BCUT2D eigenvalue weighted by molar-refractivity contribution is 6.31. The highest BCUT2D eigenvalue weighted by Gasteiger charge is 2.15. The Hall–Kier alpha value is -2.01. The topological polar surface area (TPSA) is 67.2 Å². The second-order valence-corrected chi connectivity index (χ2v) is 4.51. The third-order valence-electron chi connectivity index (χ3n) is 2.85. The molecule has 0 radical (unpaired) electrons. The van der Waals surface area contributed by atoms with Gasteiger partial charge in [0.15, 0.2) is 0 Å². The van der Waals surface area contributed by atoms with Gasteiger partial charge in [0.1, 0.15) is 5.75 Å². The van der Waals surface area contributed by atoms with E-state index in [1.54, 1.807) is 10.7 Å². The fourth-order valence-electron chi connectivity index (χ4n) is 1.79. The number of carbonyl (C=O) groups excluding carboxylic acids is 1. The summed E-state index contributed by atoms with van der Waals surface area (Å²) in [6.07, 6.45) is 1.51. The largest absolute Gasteiger partial charge is 0.506 e. The van der Waals surface area contributed by atoms with E-state index < -0.39 is 0 Å². The number of phenolic OH excluding ortho intramolecular Hbond substituents is 1. The summed E-state index contributed by atoms with van der Waals surface area (Å²) in [6, 6.07) is 4.47. The van der Waals surface area contributed by atoms with Crippen LogP contribution in [0.1, 0.15) is 23.0 Å². The summed E-state index contributed by atoms with van der Waals surface area (Å²) in [5.41, 5.74) is 1.53. The maximum atomic E-state index is 12.1. The zero-order chi connectivity index (χ0) is 14.0. The number of rotatable bonds is 3. The summed E-state index contributed by atoms with van der Waals surface area (Å²) in [4.78, 5) is 12.1. The minimum absolute atomic E-state index is 0.0294. The van der Waals surface area contributed by atoms with Crippen LogP contribution < -0.4 is 5.32 Å². The van der Waals surface area contributed by atoms with Gasteiger partial charge in [-0.1, -0.05) is 11.6 Å². The van der Waals surface area contributed by atoms with Crippen molar-refractivity contribution in [3.05, 3.63) is 40.7 Å². The van der Waals surface area contributed by atoms with E-state index in [1.807, 2.05) is 13.8 Å². The standard InChI is InChI=1S/C13H14ClN3O2/c1-3-17-8(2)10(7-15-17)13(19)16-11-6-9(14)4-5-12(11)18/h4-7,18H,3H2,1-2H3,(H,16,19). The van der Waals surface area contributed by atoms with Gasteiger partial charge < -0.3 is 10.4 Å². The predicted molar refractivity (Wildman–Crippen MR) is 73.7 cm³/mol. The third-order valence-corrected chi connectivity index (χ3v) is 3.09. The number of carbonyl (C=O) groups is 1. The minimum atomic E-state index is -0.324. The van der Waals surface area contributed by atoms with Crippen molar-refractivity contribution < 1.29 is 9.90 Å². The second-order valence-electron chi connectivity index (χ2n) is 4.08. The number of benzene rings is 1. The van der Waals surface area contributed by atoms with Gasteiger partial charge in [0, 0.05) is 17.3 Å². The lowest BCUT2D eigenvalue weighted by Crippen LogP contribution is -2.13. The van der Waals surface area contributed by atoms with Crippen LogP contribution in [0.15, 0.2) is 24.4 Å². The van der Waals surface area contributed by atoms with Crippen LogP contribution in [0.3, 0.4) is 0 Å². The molecule has 1 heterocycles. The molecule has 0 fully saturated rings. The van der Waals surface area contributed by atoms with Crippen molar-refractivity contribution in [1.29, 1.82) is 0 Å². The van der Waals surface area contributed by atoms with Gasteiger partial charge in [-0.25, -0.2) is 0 Å². The van der Waals surface area contributed by atoms with Gasteiger partial charge in [0.2, 0.25) is 0 Å². The van der Waals surface area contributed by atoms with E-state index in [2.05, 4.69) is 10.4 Å². The highest BCUT2D eigenvalue weighted by atomic mass is 35.5. The molecular weight excluding hydrogens is 266 g/mol. The van der Waals surface area contributed by atoms with Crippen molar-refractivity contribution in [2.75, 3.05) is 5.32 Å². The van der Waals surface area contributed by atoms with Gasteiger partial charge in [-0.2, -0.15) is 5.10 Å². The number of phenols is 1. The number of halogens is 1. The number of aromatic hydroxyl groups is 1. The summed E-state index contributed by atoms with van der Waals surface area (Å²) in [7, 11) is 0. The lowest BCUT2D eigenvalue weighted by atomic mass is 10.2. The van der Waals surface area contributed by atoms with Crippen molar-refractivity contribution >= 4 is 23.2 Å². The normalized spacial score (nSPS) is 10.5. The molecule has 2 rings (SSSR count). The van der Waals surface area contributed by atoms with Crippen molar-refractivity contribution in [1.82, 2.24) is 9.78 Å². The molecule has 0 aliphatic rings. The van der Waals surface area contributed by atoms with E-state index >= 15 is 0 Å². The third kappa shape index (κ3) is 2.71. The first kappa shape index (κ1) is 13.4. The first-order valence-electron chi connectivity index (χ1n) is 5.85. The zero-order valence-electron chi connectivity index (χ0n) is 10.6. The van der Waals surface area contributed by atoms with E-state index in [-0.39, 0.29) is 17.3 Å². The lowest BCUT2D eigenvalue weighted by Gasteiger charge is -2.07. The van der Waals surface area contributed by atoms with Gasteiger partial charge in [-0.15, -0.1) is 0 Å². The molecule has 0 spiro atoms. The van der Waals surface area contributed by atoms with Crippen LogP contribution in [0.2, 0.25) is 5.02 Å².